The first-order chi connectivity index (χ1) is 30.4. The molecule has 2 aromatic rings. The number of nitrogens with two attached hydrogens (primary N) is 1. The van der Waals surface area contributed by atoms with Crippen LogP contribution in [0.1, 0.15) is 118 Å². The molecule has 2 aromatic carbocycles. The molecule has 0 radical (unpaired) electrons. The zero-order chi connectivity index (χ0) is 48.5. The number of carboxylic acid groups (broad SMARTS) is 1. The number of piperidine rings is 1. The fourth-order valence-electron chi connectivity index (χ4n) is 7.26. The van der Waals surface area contributed by atoms with Crippen molar-refractivity contribution in [3.63, 3.8) is 0 Å². The molecule has 3 rings (SSSR count). The molecule has 17 heteroatoms. The quantitative estimate of drug-likeness (QED) is 0.0925. The predicted octanol–water partition coefficient (Wildman–Crippen LogP) is 4.87. The van der Waals surface area contributed by atoms with Gasteiger partial charge in [0.25, 0.3) is 0 Å². The molecule has 4 atom stereocenters. The average molecular weight is 908 g/mol. The van der Waals surface area contributed by atoms with E-state index in [-0.39, 0.29) is 70.1 Å². The molecular formula is C48H73N7O10. The third-order valence-corrected chi connectivity index (χ3v) is 10.7. The maximum absolute atomic E-state index is 14.3. The minimum atomic E-state index is -1.48. The summed E-state index contributed by atoms with van der Waals surface area (Å²) in [4.78, 5) is 96.9. The number of carbonyl (C=O) groups excluding carboxylic acids is 6. The number of hydrogen-bond acceptors (Lipinski definition) is 10. The van der Waals surface area contributed by atoms with E-state index in [1.54, 1.807) is 53.7 Å². The van der Waals surface area contributed by atoms with Crippen molar-refractivity contribution in [2.24, 2.45) is 11.7 Å². The van der Waals surface area contributed by atoms with E-state index < -0.39 is 83.2 Å². The van der Waals surface area contributed by atoms with Gasteiger partial charge in [-0.1, -0.05) is 81.4 Å². The number of ether oxygens (including phenoxy) is 2. The SMILES string of the molecule is CC(C)C[C@@H](NC(=O)[C@@H](Cc1ccccc1)NC(=O)CN(C[C@@H](C)c1ccccc1)C(=O)OC(C)(C)C)C(=O)N[C@H](CCCCNC(=O)OC(C)(C)C)C(=O)N1CCC(N)(C(=O)O)CC1. The number of nitrogens with one attached hydrogen (secondary N) is 4. The van der Waals surface area contributed by atoms with Crippen LogP contribution < -0.4 is 27.0 Å². The van der Waals surface area contributed by atoms with Crippen LogP contribution in [0.5, 0.6) is 0 Å². The van der Waals surface area contributed by atoms with Gasteiger partial charge in [0.15, 0.2) is 0 Å². The van der Waals surface area contributed by atoms with Crippen molar-refractivity contribution in [3.05, 3.63) is 71.8 Å². The molecule has 0 spiro atoms. The first-order valence-electron chi connectivity index (χ1n) is 22.6. The Labute approximate surface area is 384 Å². The largest absolute Gasteiger partial charge is 0.480 e. The van der Waals surface area contributed by atoms with Crippen LogP contribution >= 0.6 is 0 Å². The Kier molecular flexibility index (Phi) is 20.2. The lowest BCUT2D eigenvalue weighted by atomic mass is 9.88. The molecule has 1 fully saturated rings. The Morgan fingerprint density at radius 2 is 1.32 bits per heavy atom. The summed E-state index contributed by atoms with van der Waals surface area (Å²) in [5.41, 5.74) is 4.79. The van der Waals surface area contributed by atoms with E-state index in [1.165, 1.54) is 9.80 Å². The molecular weight excluding hydrogens is 835 g/mol. The second kappa shape index (κ2) is 24.5. The van der Waals surface area contributed by atoms with E-state index in [4.69, 9.17) is 15.2 Å². The second-order valence-electron chi connectivity index (χ2n) is 19.4. The fraction of sp³-hybridized carbons (Fsp3) is 0.604. The number of carbonyl (C=O) groups is 7. The highest BCUT2D eigenvalue weighted by Gasteiger charge is 2.40. The molecule has 0 saturated carbocycles. The third-order valence-electron chi connectivity index (χ3n) is 10.7. The number of unbranched alkanes of at least 4 members (excludes halogenated alkanes) is 1. The summed E-state index contributed by atoms with van der Waals surface area (Å²) in [6.07, 6.45) is 0.0663. The maximum Gasteiger partial charge on any atom is 0.410 e. The third kappa shape index (κ3) is 19.1. The second-order valence-corrected chi connectivity index (χ2v) is 19.4. The molecule has 1 heterocycles. The van der Waals surface area contributed by atoms with E-state index in [2.05, 4.69) is 21.3 Å². The van der Waals surface area contributed by atoms with E-state index in [0.29, 0.717) is 12.8 Å². The van der Waals surface area contributed by atoms with Gasteiger partial charge in [0.2, 0.25) is 23.6 Å². The summed E-state index contributed by atoms with van der Waals surface area (Å²) in [6.45, 7) is 16.3. The molecule has 17 nitrogen and oxygen atoms in total. The molecule has 1 aliphatic heterocycles. The number of benzene rings is 2. The lowest BCUT2D eigenvalue weighted by Crippen LogP contribution is -2.60. The van der Waals surface area contributed by atoms with Crippen molar-refractivity contribution in [1.82, 2.24) is 31.1 Å². The van der Waals surface area contributed by atoms with Gasteiger partial charge >= 0.3 is 18.2 Å². The molecule has 0 bridgehead atoms. The summed E-state index contributed by atoms with van der Waals surface area (Å²) in [5.74, 6) is -3.72. The van der Waals surface area contributed by atoms with E-state index in [0.717, 1.165) is 11.1 Å². The van der Waals surface area contributed by atoms with Gasteiger partial charge in [0.1, 0.15) is 41.4 Å². The molecule has 1 aliphatic rings. The molecule has 1 saturated heterocycles. The van der Waals surface area contributed by atoms with Crippen LogP contribution in [0.15, 0.2) is 60.7 Å². The van der Waals surface area contributed by atoms with Crippen molar-refractivity contribution in [2.75, 3.05) is 32.7 Å². The van der Waals surface area contributed by atoms with Gasteiger partial charge < -0.3 is 46.5 Å². The van der Waals surface area contributed by atoms with Crippen molar-refractivity contribution in [2.45, 2.75) is 148 Å². The van der Waals surface area contributed by atoms with Gasteiger partial charge in [-0.15, -0.1) is 0 Å². The Hall–Kier alpha value is -5.71. The summed E-state index contributed by atoms with van der Waals surface area (Å²) >= 11 is 0. The van der Waals surface area contributed by atoms with Crippen LogP contribution in [-0.4, -0.2) is 124 Å². The first kappa shape index (κ1) is 53.6. The highest BCUT2D eigenvalue weighted by Crippen LogP contribution is 2.22. The van der Waals surface area contributed by atoms with Crippen molar-refractivity contribution >= 4 is 41.8 Å². The molecule has 0 unspecified atom stereocenters. The van der Waals surface area contributed by atoms with Gasteiger partial charge in [-0.3, -0.25) is 28.9 Å². The maximum atomic E-state index is 14.3. The minimum Gasteiger partial charge on any atom is -0.480 e. The topological polar surface area (TPSA) is 239 Å². The Morgan fingerprint density at radius 1 is 0.769 bits per heavy atom. The lowest BCUT2D eigenvalue weighted by Gasteiger charge is -2.38. The number of alkyl carbamates (subject to hydrolysis) is 1. The van der Waals surface area contributed by atoms with Gasteiger partial charge in [0.05, 0.1) is 0 Å². The Bertz CT molecular complexity index is 1890. The summed E-state index contributed by atoms with van der Waals surface area (Å²) < 4.78 is 11.0. The number of likely N-dealkylation sites (tertiary alicyclic amines) is 1. The normalized spacial score (nSPS) is 15.6. The first-order valence-corrected chi connectivity index (χ1v) is 22.6. The number of aliphatic carboxylic acids is 1. The van der Waals surface area contributed by atoms with E-state index in [9.17, 15) is 38.7 Å². The molecule has 65 heavy (non-hydrogen) atoms. The van der Waals surface area contributed by atoms with E-state index >= 15 is 0 Å². The number of rotatable bonds is 21. The van der Waals surface area contributed by atoms with Crippen molar-refractivity contribution < 1.29 is 48.1 Å². The van der Waals surface area contributed by atoms with Crippen LogP contribution in [0.25, 0.3) is 0 Å². The minimum absolute atomic E-state index is 0.0245. The Balaban J connectivity index is 1.84. The fourth-order valence-corrected chi connectivity index (χ4v) is 7.26. The van der Waals surface area contributed by atoms with Crippen molar-refractivity contribution in [1.29, 1.82) is 0 Å². The highest BCUT2D eigenvalue weighted by molar-refractivity contribution is 5.95. The van der Waals surface area contributed by atoms with Crippen molar-refractivity contribution in [3.8, 4) is 0 Å². The van der Waals surface area contributed by atoms with E-state index in [1.807, 2.05) is 69.3 Å². The highest BCUT2D eigenvalue weighted by atomic mass is 16.6. The van der Waals surface area contributed by atoms with Crippen LogP contribution in [-0.2, 0) is 39.9 Å². The van der Waals surface area contributed by atoms with Gasteiger partial charge in [-0.25, -0.2) is 9.59 Å². The number of hydrogen-bond donors (Lipinski definition) is 6. The molecule has 7 N–H and O–H groups in total. The monoisotopic (exact) mass is 908 g/mol. The standard InChI is InChI=1S/C48H73N7O10/c1-32(2)28-37(40(57)52-36(22-16-17-25-50-44(62)64-46(4,5)6)42(59)54-26-23-48(49,24-27-54)43(60)61)53-41(58)38(29-34-18-12-10-13-19-34)51-39(56)31-55(45(63)65-47(7,8)9)30-33(3)35-20-14-11-15-21-35/h10-15,18-21,32-33,36-38H,16-17,22-31,49H2,1-9H3,(H,50,62)(H,51,56)(H,52,57)(H,53,58)(H,60,61)/t33-,36-,37-,38-/m1/s1. The number of carboxylic acids is 1. The number of amides is 6. The zero-order valence-electron chi connectivity index (χ0n) is 39.7. The average Bonchev–Trinajstić information content (AvgIpc) is 3.21. The van der Waals surface area contributed by atoms with Gasteiger partial charge in [-0.05, 0) is 103 Å². The van der Waals surface area contributed by atoms with Crippen LogP contribution in [0.4, 0.5) is 9.59 Å². The predicted molar refractivity (Wildman–Crippen MR) is 247 cm³/mol. The molecule has 0 aliphatic carbocycles. The molecule has 0 aromatic heterocycles. The van der Waals surface area contributed by atoms with Gasteiger partial charge in [-0.2, -0.15) is 0 Å². The summed E-state index contributed by atoms with van der Waals surface area (Å²) in [5, 5.41) is 20.9. The molecule has 360 valence electrons. The molecule has 6 amide bonds. The zero-order valence-corrected chi connectivity index (χ0v) is 39.7. The smallest absolute Gasteiger partial charge is 0.410 e. The number of nitrogens with zero attached hydrogens (tertiary/aromatic N) is 2. The van der Waals surface area contributed by atoms with Crippen LogP contribution in [0.2, 0.25) is 0 Å². The van der Waals surface area contributed by atoms with Gasteiger partial charge in [0, 0.05) is 32.6 Å². The lowest BCUT2D eigenvalue weighted by molar-refractivity contribution is -0.148. The summed E-state index contributed by atoms with van der Waals surface area (Å²) in [7, 11) is 0. The summed E-state index contributed by atoms with van der Waals surface area (Å²) in [6, 6.07) is 15.3. The van der Waals surface area contributed by atoms with Crippen LogP contribution in [0.3, 0.4) is 0 Å². The Morgan fingerprint density at radius 3 is 1.88 bits per heavy atom. The van der Waals surface area contributed by atoms with Crippen LogP contribution in [0, 0.1) is 5.92 Å².